The Morgan fingerprint density at radius 2 is 1.78 bits per heavy atom. The largest absolute Gasteiger partial charge is 0.493 e. The van der Waals surface area contributed by atoms with Crippen LogP contribution in [-0.4, -0.2) is 33.2 Å². The van der Waals surface area contributed by atoms with Gasteiger partial charge in [-0.25, -0.2) is 4.79 Å². The van der Waals surface area contributed by atoms with Gasteiger partial charge in [-0.3, -0.25) is 4.79 Å². The van der Waals surface area contributed by atoms with Crippen LogP contribution < -0.4 is 14.8 Å². The number of esters is 1. The van der Waals surface area contributed by atoms with Crippen LogP contribution in [0, 0.1) is 5.92 Å². The third-order valence-corrected chi connectivity index (χ3v) is 3.83. The molecule has 2 rings (SSSR count). The summed E-state index contributed by atoms with van der Waals surface area (Å²) >= 11 is 0. The van der Waals surface area contributed by atoms with Gasteiger partial charge in [0.1, 0.15) is 0 Å². The van der Waals surface area contributed by atoms with Gasteiger partial charge in [-0.05, 0) is 19.3 Å². The fourth-order valence-corrected chi connectivity index (χ4v) is 2.53. The number of nitrogens with one attached hydrogen (secondary N) is 1. The van der Waals surface area contributed by atoms with Crippen LogP contribution in [0.4, 0.5) is 5.69 Å². The maximum absolute atomic E-state index is 12.4. The molecule has 1 amide bonds. The predicted octanol–water partition coefficient (Wildman–Crippen LogP) is 2.79. The van der Waals surface area contributed by atoms with Crippen LogP contribution in [-0.2, 0) is 9.53 Å². The van der Waals surface area contributed by atoms with Gasteiger partial charge >= 0.3 is 5.97 Å². The van der Waals surface area contributed by atoms with Gasteiger partial charge in [-0.2, -0.15) is 0 Å². The molecular formula is C17H21NO5. The van der Waals surface area contributed by atoms with E-state index in [1.54, 1.807) is 6.07 Å². The molecule has 1 aromatic carbocycles. The smallest absolute Gasteiger partial charge is 0.340 e. The molecule has 1 aromatic rings. The average molecular weight is 319 g/mol. The second-order valence-corrected chi connectivity index (χ2v) is 5.21. The number of methoxy groups -OCH3 is 3. The Labute approximate surface area is 135 Å². The van der Waals surface area contributed by atoms with E-state index in [2.05, 4.69) is 11.4 Å². The Morgan fingerprint density at radius 3 is 2.35 bits per heavy atom. The number of carbonyl (C=O) groups is 2. The van der Waals surface area contributed by atoms with Crippen LogP contribution in [0.1, 0.15) is 29.6 Å². The number of benzene rings is 1. The highest BCUT2D eigenvalue weighted by Crippen LogP contribution is 2.34. The van der Waals surface area contributed by atoms with Crippen molar-refractivity contribution in [2.24, 2.45) is 5.92 Å². The number of ether oxygens (including phenoxy) is 3. The van der Waals surface area contributed by atoms with Crippen molar-refractivity contribution in [3.8, 4) is 11.5 Å². The minimum Gasteiger partial charge on any atom is -0.493 e. The summed E-state index contributed by atoms with van der Waals surface area (Å²) in [6, 6.07) is 3.07. The lowest BCUT2D eigenvalue weighted by molar-refractivity contribution is -0.120. The molecule has 1 aliphatic carbocycles. The summed E-state index contributed by atoms with van der Waals surface area (Å²) in [7, 11) is 4.26. The monoisotopic (exact) mass is 319 g/mol. The average Bonchev–Trinajstić information content (AvgIpc) is 2.61. The quantitative estimate of drug-likeness (QED) is 0.667. The van der Waals surface area contributed by atoms with Gasteiger partial charge in [0, 0.05) is 18.1 Å². The topological polar surface area (TPSA) is 73.9 Å². The molecule has 124 valence electrons. The molecule has 0 spiro atoms. The lowest BCUT2D eigenvalue weighted by Gasteiger charge is -2.19. The van der Waals surface area contributed by atoms with Crippen LogP contribution in [0.25, 0.3) is 0 Å². The summed E-state index contributed by atoms with van der Waals surface area (Å²) < 4.78 is 15.2. The Hall–Kier alpha value is -2.50. The van der Waals surface area contributed by atoms with E-state index in [0.717, 1.165) is 12.8 Å². The fourth-order valence-electron chi connectivity index (χ4n) is 2.53. The Balaban J connectivity index is 2.32. The fraction of sp³-hybridized carbons (Fsp3) is 0.412. The molecule has 0 saturated heterocycles. The van der Waals surface area contributed by atoms with Crippen molar-refractivity contribution in [3.05, 3.63) is 29.8 Å². The molecular weight excluding hydrogens is 298 g/mol. The van der Waals surface area contributed by atoms with Crippen LogP contribution in [0.5, 0.6) is 11.5 Å². The number of hydrogen-bond acceptors (Lipinski definition) is 5. The summed E-state index contributed by atoms with van der Waals surface area (Å²) in [5.74, 6) is 0.0561. The van der Waals surface area contributed by atoms with Crippen molar-refractivity contribution in [2.45, 2.75) is 19.3 Å². The molecule has 0 aliphatic heterocycles. The van der Waals surface area contributed by atoms with Gasteiger partial charge in [-0.1, -0.05) is 12.2 Å². The number of carbonyl (C=O) groups excluding carboxylic acids is 2. The lowest BCUT2D eigenvalue weighted by Crippen LogP contribution is -2.24. The van der Waals surface area contributed by atoms with Crippen molar-refractivity contribution in [3.63, 3.8) is 0 Å². The SMILES string of the molecule is COC(=O)c1cc(OC)c(OC)cc1NC(=O)[C@@H]1CC=CCC1. The minimum atomic E-state index is -0.551. The Bertz CT molecular complexity index is 624. The van der Waals surface area contributed by atoms with E-state index in [4.69, 9.17) is 14.2 Å². The second-order valence-electron chi connectivity index (χ2n) is 5.21. The van der Waals surface area contributed by atoms with Gasteiger partial charge in [0.15, 0.2) is 11.5 Å². The lowest BCUT2D eigenvalue weighted by atomic mass is 9.93. The second kappa shape index (κ2) is 7.67. The molecule has 0 bridgehead atoms. The molecule has 0 radical (unpaired) electrons. The first-order valence-corrected chi connectivity index (χ1v) is 7.41. The van der Waals surface area contributed by atoms with Gasteiger partial charge in [0.25, 0.3) is 0 Å². The van der Waals surface area contributed by atoms with E-state index in [1.165, 1.54) is 27.4 Å². The van der Waals surface area contributed by atoms with Crippen molar-refractivity contribution < 1.29 is 23.8 Å². The number of amides is 1. The molecule has 6 heteroatoms. The maximum atomic E-state index is 12.4. The van der Waals surface area contributed by atoms with E-state index in [1.807, 2.05) is 6.08 Å². The summed E-state index contributed by atoms with van der Waals surface area (Å²) in [5.41, 5.74) is 0.582. The highest BCUT2D eigenvalue weighted by molar-refractivity contribution is 6.02. The number of anilines is 1. The third kappa shape index (κ3) is 3.83. The van der Waals surface area contributed by atoms with Crippen LogP contribution in [0.15, 0.2) is 24.3 Å². The van der Waals surface area contributed by atoms with E-state index in [0.29, 0.717) is 23.6 Å². The highest BCUT2D eigenvalue weighted by atomic mass is 16.5. The molecule has 0 aromatic heterocycles. The van der Waals surface area contributed by atoms with Crippen LogP contribution in [0.2, 0.25) is 0 Å². The standard InChI is InChI=1S/C17H21NO5/c1-21-14-9-12(17(20)23-3)13(10-15(14)22-2)18-16(19)11-7-5-4-6-8-11/h4-5,9-11H,6-8H2,1-3H3,(H,18,19)/t11-/m1/s1. The third-order valence-electron chi connectivity index (χ3n) is 3.83. The summed E-state index contributed by atoms with van der Waals surface area (Å²) in [6.45, 7) is 0. The maximum Gasteiger partial charge on any atom is 0.340 e. The summed E-state index contributed by atoms with van der Waals surface area (Å²) in [4.78, 5) is 24.4. The molecule has 1 aliphatic rings. The number of allylic oxidation sites excluding steroid dienone is 2. The first kappa shape index (κ1) is 16.9. The van der Waals surface area contributed by atoms with Crippen molar-refractivity contribution in [1.82, 2.24) is 0 Å². The predicted molar refractivity (Wildman–Crippen MR) is 86.0 cm³/mol. The molecule has 1 atom stereocenters. The van der Waals surface area contributed by atoms with E-state index in [9.17, 15) is 9.59 Å². The molecule has 6 nitrogen and oxygen atoms in total. The summed E-state index contributed by atoms with van der Waals surface area (Å²) in [6.07, 6.45) is 6.45. The van der Waals surface area contributed by atoms with E-state index in [-0.39, 0.29) is 17.4 Å². The van der Waals surface area contributed by atoms with E-state index < -0.39 is 5.97 Å². The molecule has 0 fully saturated rings. The number of hydrogen-bond donors (Lipinski definition) is 1. The highest BCUT2D eigenvalue weighted by Gasteiger charge is 2.23. The molecule has 23 heavy (non-hydrogen) atoms. The van der Waals surface area contributed by atoms with Crippen molar-refractivity contribution in [2.75, 3.05) is 26.6 Å². The van der Waals surface area contributed by atoms with Crippen molar-refractivity contribution in [1.29, 1.82) is 0 Å². The van der Waals surface area contributed by atoms with Gasteiger partial charge in [-0.15, -0.1) is 0 Å². The Morgan fingerprint density at radius 1 is 1.09 bits per heavy atom. The van der Waals surface area contributed by atoms with Gasteiger partial charge in [0.2, 0.25) is 5.91 Å². The zero-order chi connectivity index (χ0) is 16.8. The molecule has 0 saturated carbocycles. The minimum absolute atomic E-state index is 0.0985. The van der Waals surface area contributed by atoms with E-state index >= 15 is 0 Å². The Kier molecular flexibility index (Phi) is 5.62. The zero-order valence-corrected chi connectivity index (χ0v) is 13.5. The van der Waals surface area contributed by atoms with Crippen molar-refractivity contribution >= 4 is 17.6 Å². The molecule has 0 heterocycles. The molecule has 1 N–H and O–H groups in total. The van der Waals surface area contributed by atoms with Gasteiger partial charge < -0.3 is 19.5 Å². The first-order valence-electron chi connectivity index (χ1n) is 7.41. The van der Waals surface area contributed by atoms with Gasteiger partial charge in [0.05, 0.1) is 32.6 Å². The zero-order valence-electron chi connectivity index (χ0n) is 13.5. The summed E-state index contributed by atoms with van der Waals surface area (Å²) in [5, 5.41) is 2.81. The molecule has 0 unspecified atom stereocenters. The number of rotatable bonds is 5. The first-order chi connectivity index (χ1) is 11.1. The normalized spacial score (nSPS) is 16.6. The van der Waals surface area contributed by atoms with Crippen LogP contribution in [0.3, 0.4) is 0 Å². The van der Waals surface area contributed by atoms with Crippen LogP contribution >= 0.6 is 0 Å².